The van der Waals surface area contributed by atoms with Crippen LogP contribution in [0.1, 0.15) is 12.0 Å². The van der Waals surface area contributed by atoms with Crippen molar-refractivity contribution in [2.24, 2.45) is 5.73 Å². The number of aliphatic carboxylic acids is 1. The number of rotatable bonds is 4. The zero-order chi connectivity index (χ0) is 10.6. The Morgan fingerprint density at radius 2 is 1.93 bits per heavy atom. The largest absolute Gasteiger partial charge is 0.481 e. The molecule has 0 spiro atoms. The second-order valence-corrected chi connectivity index (χ2v) is 3.34. The Bertz CT molecular complexity index is 308. The molecule has 1 aromatic rings. The molecule has 0 unspecified atom stereocenters. The van der Waals surface area contributed by atoms with Crippen molar-refractivity contribution in [2.45, 2.75) is 18.6 Å². The average Bonchev–Trinajstić information content (AvgIpc) is 2.02. The Labute approximate surface area is 82.0 Å². The molecule has 0 amide bonds. The lowest BCUT2D eigenvalue weighted by atomic mass is 10.0. The van der Waals surface area contributed by atoms with Crippen LogP contribution in [-0.4, -0.2) is 21.9 Å². The molecule has 0 aliphatic carbocycles. The van der Waals surface area contributed by atoms with Gasteiger partial charge in [0.2, 0.25) is 0 Å². The SMILES string of the molecule is N[C@](O)(CC(=O)O)Cc1ccccc1. The lowest BCUT2D eigenvalue weighted by Gasteiger charge is -2.20. The van der Waals surface area contributed by atoms with E-state index in [0.717, 1.165) is 5.56 Å². The van der Waals surface area contributed by atoms with Crippen molar-refractivity contribution in [3.05, 3.63) is 35.9 Å². The molecule has 0 saturated carbocycles. The summed E-state index contributed by atoms with van der Waals surface area (Å²) in [5, 5.41) is 18.0. The topological polar surface area (TPSA) is 83.5 Å². The minimum absolute atomic E-state index is 0.139. The van der Waals surface area contributed by atoms with E-state index in [1.165, 1.54) is 0 Å². The normalized spacial score (nSPS) is 14.7. The summed E-state index contributed by atoms with van der Waals surface area (Å²) in [7, 11) is 0. The molecule has 0 aliphatic heterocycles. The van der Waals surface area contributed by atoms with Crippen LogP contribution >= 0.6 is 0 Å². The molecule has 14 heavy (non-hydrogen) atoms. The predicted octanol–water partition coefficient (Wildman–Crippen LogP) is 0.351. The molecule has 0 heterocycles. The fourth-order valence-corrected chi connectivity index (χ4v) is 1.27. The standard InChI is InChI=1S/C10H13NO3/c11-10(14,7-9(12)13)6-8-4-2-1-3-5-8/h1-5,14H,6-7,11H2,(H,12,13)/t10-/m1/s1. The van der Waals surface area contributed by atoms with Gasteiger partial charge in [-0.05, 0) is 5.56 Å². The number of carboxylic acid groups (broad SMARTS) is 1. The number of hydrogen-bond donors (Lipinski definition) is 3. The molecular weight excluding hydrogens is 182 g/mol. The quantitative estimate of drug-likeness (QED) is 0.605. The average molecular weight is 195 g/mol. The summed E-state index contributed by atoms with van der Waals surface area (Å²) in [6.07, 6.45) is -0.317. The van der Waals surface area contributed by atoms with Crippen molar-refractivity contribution in [1.29, 1.82) is 0 Å². The van der Waals surface area contributed by atoms with Crippen molar-refractivity contribution >= 4 is 5.97 Å². The summed E-state index contributed by atoms with van der Waals surface area (Å²) in [6, 6.07) is 9.05. The number of carboxylic acids is 1. The highest BCUT2D eigenvalue weighted by molar-refractivity contribution is 5.68. The first kappa shape index (κ1) is 10.7. The van der Waals surface area contributed by atoms with Crippen LogP contribution in [0.3, 0.4) is 0 Å². The third kappa shape index (κ3) is 3.55. The first-order chi connectivity index (χ1) is 6.49. The van der Waals surface area contributed by atoms with Gasteiger partial charge in [0.15, 0.2) is 0 Å². The van der Waals surface area contributed by atoms with E-state index >= 15 is 0 Å². The van der Waals surface area contributed by atoms with E-state index < -0.39 is 18.1 Å². The third-order valence-corrected chi connectivity index (χ3v) is 1.81. The molecule has 4 heteroatoms. The van der Waals surface area contributed by atoms with E-state index in [0.29, 0.717) is 0 Å². The second-order valence-electron chi connectivity index (χ2n) is 3.34. The molecule has 0 radical (unpaired) electrons. The Kier molecular flexibility index (Phi) is 3.22. The minimum atomic E-state index is -1.67. The van der Waals surface area contributed by atoms with Gasteiger partial charge in [-0.25, -0.2) is 0 Å². The highest BCUT2D eigenvalue weighted by Gasteiger charge is 2.24. The van der Waals surface area contributed by atoms with Gasteiger partial charge >= 0.3 is 5.97 Å². The van der Waals surface area contributed by atoms with Crippen LogP contribution in [0.2, 0.25) is 0 Å². The maximum atomic E-state index is 10.4. The van der Waals surface area contributed by atoms with Crippen LogP contribution in [0.25, 0.3) is 0 Å². The molecule has 0 aromatic heterocycles. The molecule has 0 fully saturated rings. The van der Waals surface area contributed by atoms with E-state index in [1.54, 1.807) is 12.1 Å². The van der Waals surface area contributed by atoms with Crippen molar-refractivity contribution < 1.29 is 15.0 Å². The minimum Gasteiger partial charge on any atom is -0.481 e. The number of benzene rings is 1. The lowest BCUT2D eigenvalue weighted by molar-refractivity contribution is -0.142. The molecule has 0 saturated heterocycles. The summed E-state index contributed by atoms with van der Waals surface area (Å²) in [5.74, 6) is -1.11. The first-order valence-corrected chi connectivity index (χ1v) is 4.26. The smallest absolute Gasteiger partial charge is 0.307 e. The van der Waals surface area contributed by atoms with Crippen LogP contribution in [0.4, 0.5) is 0 Å². The van der Waals surface area contributed by atoms with Gasteiger partial charge in [0.1, 0.15) is 5.72 Å². The molecule has 1 atom stereocenters. The first-order valence-electron chi connectivity index (χ1n) is 4.26. The van der Waals surface area contributed by atoms with Crippen molar-refractivity contribution in [3.8, 4) is 0 Å². The lowest BCUT2D eigenvalue weighted by Crippen LogP contribution is -2.43. The summed E-state index contributed by atoms with van der Waals surface area (Å²) in [5.41, 5.74) is 4.57. The summed E-state index contributed by atoms with van der Waals surface area (Å²) in [4.78, 5) is 10.4. The van der Waals surface area contributed by atoms with Gasteiger partial charge in [0.25, 0.3) is 0 Å². The molecule has 1 aromatic carbocycles. The van der Waals surface area contributed by atoms with Gasteiger partial charge in [0.05, 0.1) is 6.42 Å². The van der Waals surface area contributed by atoms with E-state index in [2.05, 4.69) is 0 Å². The summed E-state index contributed by atoms with van der Waals surface area (Å²) in [6.45, 7) is 0. The number of aliphatic hydroxyl groups is 1. The summed E-state index contributed by atoms with van der Waals surface area (Å²) >= 11 is 0. The maximum absolute atomic E-state index is 10.4. The van der Waals surface area contributed by atoms with Crippen molar-refractivity contribution in [2.75, 3.05) is 0 Å². The van der Waals surface area contributed by atoms with Gasteiger partial charge in [-0.3, -0.25) is 4.79 Å². The van der Waals surface area contributed by atoms with Gasteiger partial charge in [-0.2, -0.15) is 0 Å². The fourth-order valence-electron chi connectivity index (χ4n) is 1.27. The Morgan fingerprint density at radius 1 is 1.36 bits per heavy atom. The highest BCUT2D eigenvalue weighted by Crippen LogP contribution is 2.11. The Morgan fingerprint density at radius 3 is 2.43 bits per heavy atom. The van der Waals surface area contributed by atoms with E-state index in [9.17, 15) is 9.90 Å². The number of hydrogen-bond acceptors (Lipinski definition) is 3. The number of nitrogens with two attached hydrogens (primary N) is 1. The zero-order valence-corrected chi connectivity index (χ0v) is 7.68. The molecule has 4 nitrogen and oxygen atoms in total. The Hall–Kier alpha value is -1.39. The molecule has 1 rings (SSSR count). The van der Waals surface area contributed by atoms with Crippen LogP contribution in [0.5, 0.6) is 0 Å². The maximum Gasteiger partial charge on any atom is 0.307 e. The van der Waals surface area contributed by atoms with Crippen LogP contribution < -0.4 is 5.73 Å². The van der Waals surface area contributed by atoms with E-state index in [1.807, 2.05) is 18.2 Å². The predicted molar refractivity (Wildman–Crippen MR) is 51.5 cm³/mol. The molecular formula is C10H13NO3. The molecule has 4 N–H and O–H groups in total. The van der Waals surface area contributed by atoms with E-state index in [4.69, 9.17) is 10.8 Å². The molecule has 0 bridgehead atoms. The zero-order valence-electron chi connectivity index (χ0n) is 7.68. The van der Waals surface area contributed by atoms with Crippen LogP contribution in [-0.2, 0) is 11.2 Å². The van der Waals surface area contributed by atoms with Crippen molar-refractivity contribution in [3.63, 3.8) is 0 Å². The fraction of sp³-hybridized carbons (Fsp3) is 0.300. The van der Waals surface area contributed by atoms with Crippen LogP contribution in [0, 0.1) is 0 Å². The molecule has 0 aliphatic rings. The Balaban J connectivity index is 2.63. The van der Waals surface area contributed by atoms with Gasteiger partial charge in [-0.15, -0.1) is 0 Å². The van der Waals surface area contributed by atoms with Gasteiger partial charge < -0.3 is 15.9 Å². The summed E-state index contributed by atoms with van der Waals surface area (Å²) < 4.78 is 0. The van der Waals surface area contributed by atoms with Gasteiger partial charge in [-0.1, -0.05) is 30.3 Å². The van der Waals surface area contributed by atoms with E-state index in [-0.39, 0.29) is 6.42 Å². The van der Waals surface area contributed by atoms with Crippen molar-refractivity contribution in [1.82, 2.24) is 0 Å². The monoisotopic (exact) mass is 195 g/mol. The molecule has 76 valence electrons. The van der Waals surface area contributed by atoms with Gasteiger partial charge in [0, 0.05) is 6.42 Å². The number of carbonyl (C=O) groups is 1. The van der Waals surface area contributed by atoms with Crippen LogP contribution in [0.15, 0.2) is 30.3 Å². The third-order valence-electron chi connectivity index (χ3n) is 1.81. The highest BCUT2D eigenvalue weighted by atomic mass is 16.4. The second kappa shape index (κ2) is 4.21.